The fourth-order valence-corrected chi connectivity index (χ4v) is 2.95. The van der Waals surface area contributed by atoms with E-state index in [1.54, 1.807) is 7.11 Å². The van der Waals surface area contributed by atoms with Gasteiger partial charge in [0.05, 0.1) is 0 Å². The van der Waals surface area contributed by atoms with Gasteiger partial charge in [-0.1, -0.05) is 19.4 Å². The number of allylic oxidation sites excluding steroid dienone is 4. The molecule has 140 valence electrons. The zero-order valence-electron chi connectivity index (χ0n) is 14.5. The minimum Gasteiger partial charge on any atom is -0.480 e. The summed E-state index contributed by atoms with van der Waals surface area (Å²) in [4.78, 5) is 22.1. The molecule has 0 aromatic carbocycles. The van der Waals surface area contributed by atoms with Crippen LogP contribution in [0.1, 0.15) is 25.7 Å². The van der Waals surface area contributed by atoms with E-state index in [9.17, 15) is 14.0 Å². The lowest BCUT2D eigenvalue weighted by Crippen LogP contribution is -2.41. The number of ether oxygens (including phenoxy) is 1. The zero-order chi connectivity index (χ0) is 18.8. The molecule has 6 nitrogen and oxygen atoms in total. The van der Waals surface area contributed by atoms with Crippen LogP contribution in [0.15, 0.2) is 36.2 Å². The second-order valence-corrected chi connectivity index (χ2v) is 6.23. The van der Waals surface area contributed by atoms with Gasteiger partial charge in [0.1, 0.15) is 11.9 Å². The summed E-state index contributed by atoms with van der Waals surface area (Å²) >= 11 is 0. The number of amides is 1. The maximum absolute atomic E-state index is 14.0. The van der Waals surface area contributed by atoms with Crippen molar-refractivity contribution in [2.45, 2.75) is 31.7 Å². The molecule has 1 amide bonds. The Morgan fingerprint density at radius 3 is 2.72 bits per heavy atom. The van der Waals surface area contributed by atoms with Crippen molar-refractivity contribution in [1.29, 1.82) is 0 Å². The average molecular weight is 354 g/mol. The number of aliphatic carboxylic acids is 1. The molecule has 3 atom stereocenters. The van der Waals surface area contributed by atoms with Crippen LogP contribution in [-0.2, 0) is 14.3 Å². The summed E-state index contributed by atoms with van der Waals surface area (Å²) in [5.41, 5.74) is 5.95. The van der Waals surface area contributed by atoms with Gasteiger partial charge in [-0.15, -0.1) is 0 Å². The van der Waals surface area contributed by atoms with Crippen LogP contribution in [0.5, 0.6) is 0 Å². The third kappa shape index (κ3) is 7.62. The molecule has 0 spiro atoms. The van der Waals surface area contributed by atoms with Crippen LogP contribution in [0.2, 0.25) is 0 Å². The van der Waals surface area contributed by atoms with Crippen molar-refractivity contribution < 1.29 is 23.8 Å². The minimum absolute atomic E-state index is 0.176. The summed E-state index contributed by atoms with van der Waals surface area (Å²) in [6, 6.07) is -1.19. The van der Waals surface area contributed by atoms with E-state index in [-0.39, 0.29) is 12.5 Å². The lowest BCUT2D eigenvalue weighted by Gasteiger charge is -2.31. The van der Waals surface area contributed by atoms with Gasteiger partial charge in [0, 0.05) is 26.3 Å². The minimum atomic E-state index is -1.22. The van der Waals surface area contributed by atoms with Crippen molar-refractivity contribution in [3.63, 3.8) is 0 Å². The molecule has 1 saturated carbocycles. The van der Waals surface area contributed by atoms with E-state index in [2.05, 4.69) is 11.9 Å². The molecule has 0 bridgehead atoms. The smallest absolute Gasteiger partial charge is 0.322 e. The van der Waals surface area contributed by atoms with Crippen molar-refractivity contribution in [2.75, 3.05) is 20.3 Å². The Bertz CT molecular complexity index is 543. The van der Waals surface area contributed by atoms with E-state index in [1.165, 1.54) is 6.08 Å². The summed E-state index contributed by atoms with van der Waals surface area (Å²) in [5.74, 6) is -1.90. The molecule has 0 aliphatic heterocycles. The molecule has 1 aliphatic rings. The van der Waals surface area contributed by atoms with Crippen molar-refractivity contribution >= 4 is 11.9 Å². The first-order valence-electron chi connectivity index (χ1n) is 8.34. The van der Waals surface area contributed by atoms with Crippen molar-refractivity contribution in [3.8, 4) is 0 Å². The Kier molecular flexibility index (Phi) is 9.08. The number of nitrogens with one attached hydrogen (secondary N) is 1. The summed E-state index contributed by atoms with van der Waals surface area (Å²) in [6.07, 6.45) is 7.58. The van der Waals surface area contributed by atoms with Crippen LogP contribution < -0.4 is 11.1 Å². The van der Waals surface area contributed by atoms with Gasteiger partial charge >= 0.3 is 5.97 Å². The molecular formula is C18H27FN2O4. The summed E-state index contributed by atoms with van der Waals surface area (Å²) < 4.78 is 19.2. The van der Waals surface area contributed by atoms with Crippen molar-refractivity contribution in [2.24, 2.45) is 17.6 Å². The fourth-order valence-electron chi connectivity index (χ4n) is 2.95. The molecule has 0 radical (unpaired) electrons. The molecule has 1 aliphatic carbocycles. The van der Waals surface area contributed by atoms with Crippen LogP contribution in [0.4, 0.5) is 4.39 Å². The maximum Gasteiger partial charge on any atom is 0.322 e. The average Bonchev–Trinajstić information content (AvgIpc) is 2.58. The predicted octanol–water partition coefficient (Wildman–Crippen LogP) is 1.93. The Morgan fingerprint density at radius 1 is 1.40 bits per heavy atom. The molecule has 4 N–H and O–H groups in total. The van der Waals surface area contributed by atoms with Gasteiger partial charge in [0.15, 0.2) is 0 Å². The van der Waals surface area contributed by atoms with E-state index < -0.39 is 23.7 Å². The molecule has 25 heavy (non-hydrogen) atoms. The van der Waals surface area contributed by atoms with Crippen LogP contribution >= 0.6 is 0 Å². The van der Waals surface area contributed by atoms with Gasteiger partial charge in [-0.3, -0.25) is 9.59 Å². The second-order valence-electron chi connectivity index (χ2n) is 6.23. The molecule has 1 rings (SSSR count). The molecule has 0 saturated heterocycles. The molecule has 7 heteroatoms. The molecule has 3 unspecified atom stereocenters. The molecular weight excluding hydrogens is 327 g/mol. The Balaban J connectivity index is 2.56. The number of nitrogens with two attached hydrogens (primary N) is 1. The number of carboxylic acid groups (broad SMARTS) is 1. The van der Waals surface area contributed by atoms with Crippen molar-refractivity contribution in [3.05, 3.63) is 36.2 Å². The Labute approximate surface area is 147 Å². The predicted molar refractivity (Wildman–Crippen MR) is 93.4 cm³/mol. The number of rotatable bonds is 9. The van der Waals surface area contributed by atoms with E-state index in [4.69, 9.17) is 15.6 Å². The highest BCUT2D eigenvalue weighted by atomic mass is 19.1. The first-order valence-corrected chi connectivity index (χ1v) is 8.34. The number of hydrogen-bond donors (Lipinski definition) is 3. The number of carboxylic acids is 1. The zero-order valence-corrected chi connectivity index (χ0v) is 14.5. The molecule has 0 aromatic rings. The molecule has 1 fully saturated rings. The number of carbonyl (C=O) groups is 2. The van der Waals surface area contributed by atoms with E-state index in [0.717, 1.165) is 37.8 Å². The fraction of sp³-hybridized carbons (Fsp3) is 0.556. The number of methoxy groups -OCH3 is 1. The topological polar surface area (TPSA) is 102 Å². The molecule has 0 aromatic heterocycles. The Hall–Kier alpha value is -1.99. The van der Waals surface area contributed by atoms with Gasteiger partial charge in [-0.05, 0) is 42.4 Å². The Morgan fingerprint density at radius 2 is 2.08 bits per heavy atom. The summed E-state index contributed by atoms with van der Waals surface area (Å²) in [5, 5.41) is 10.9. The first kappa shape index (κ1) is 21.1. The van der Waals surface area contributed by atoms with Gasteiger partial charge in [-0.2, -0.15) is 0 Å². The van der Waals surface area contributed by atoms with Gasteiger partial charge in [-0.25, -0.2) is 4.39 Å². The number of hydrogen-bond acceptors (Lipinski definition) is 4. The van der Waals surface area contributed by atoms with Crippen LogP contribution in [0.25, 0.3) is 0 Å². The normalized spacial score (nSPS) is 22.6. The highest BCUT2D eigenvalue weighted by Crippen LogP contribution is 2.35. The van der Waals surface area contributed by atoms with E-state index in [1.807, 2.05) is 0 Å². The van der Waals surface area contributed by atoms with E-state index in [0.29, 0.717) is 18.1 Å². The van der Waals surface area contributed by atoms with Gasteiger partial charge in [0.2, 0.25) is 5.91 Å². The van der Waals surface area contributed by atoms with Gasteiger partial charge in [0.25, 0.3) is 0 Å². The lowest BCUT2D eigenvalue weighted by molar-refractivity contribution is -0.138. The standard InChI is InChI=1S/C18H27FN2O4/c1-12(15-6-4-3-5-13(15)11-25-2)9-14(19)7-8-17(22)21-10-16(20)18(23)24/h7-9,13,15-16H,1,3-6,10-11,20H2,2H3,(H,21,22)(H,23,24)/b8-7+,14-9+. The maximum atomic E-state index is 14.0. The lowest BCUT2D eigenvalue weighted by atomic mass is 9.76. The monoisotopic (exact) mass is 354 g/mol. The molecule has 0 heterocycles. The van der Waals surface area contributed by atoms with Crippen LogP contribution in [-0.4, -0.2) is 43.3 Å². The second kappa shape index (κ2) is 10.8. The third-order valence-electron chi connectivity index (χ3n) is 4.30. The van der Waals surface area contributed by atoms with E-state index >= 15 is 0 Å². The van der Waals surface area contributed by atoms with Crippen LogP contribution in [0, 0.1) is 11.8 Å². The highest BCUT2D eigenvalue weighted by molar-refractivity contribution is 5.88. The first-order chi connectivity index (χ1) is 11.8. The summed E-state index contributed by atoms with van der Waals surface area (Å²) in [6.45, 7) is 4.37. The SMILES string of the molecule is C=C(/C=C(F)\C=C\C(=O)NCC(N)C(=O)O)C1CCCCC1COC. The van der Waals surface area contributed by atoms with Gasteiger partial charge < -0.3 is 20.9 Å². The van der Waals surface area contributed by atoms with Crippen molar-refractivity contribution in [1.82, 2.24) is 5.32 Å². The highest BCUT2D eigenvalue weighted by Gasteiger charge is 2.26. The third-order valence-corrected chi connectivity index (χ3v) is 4.30. The quantitative estimate of drug-likeness (QED) is 0.434. The number of halogens is 1. The van der Waals surface area contributed by atoms with Crippen LogP contribution in [0.3, 0.4) is 0 Å². The summed E-state index contributed by atoms with van der Waals surface area (Å²) in [7, 11) is 1.66. The largest absolute Gasteiger partial charge is 0.480 e. The number of carbonyl (C=O) groups excluding carboxylic acids is 1.